The van der Waals surface area contributed by atoms with E-state index in [-0.39, 0.29) is 12.4 Å². The van der Waals surface area contributed by atoms with Crippen LogP contribution in [0.3, 0.4) is 0 Å². The predicted octanol–water partition coefficient (Wildman–Crippen LogP) is 4.08. The lowest BCUT2D eigenvalue weighted by Gasteiger charge is -2.20. The molecule has 2 atom stereocenters. The van der Waals surface area contributed by atoms with Crippen LogP contribution in [0.15, 0.2) is 63.8 Å². The second kappa shape index (κ2) is 9.22. The fraction of sp³-hybridized carbons (Fsp3) is 0.214. The van der Waals surface area contributed by atoms with Gasteiger partial charge in [0.15, 0.2) is 29.1 Å². The maximum atomic E-state index is 13.8. The molecule has 0 saturated heterocycles. The van der Waals surface area contributed by atoms with Crippen LogP contribution in [0.1, 0.15) is 17.0 Å². The van der Waals surface area contributed by atoms with Gasteiger partial charge in [-0.1, -0.05) is 18.2 Å². The minimum atomic E-state index is -1.10. The summed E-state index contributed by atoms with van der Waals surface area (Å²) in [6.45, 7) is 0.0916. The molecule has 10 nitrogen and oxygen atoms in total. The lowest BCUT2D eigenvalue weighted by molar-refractivity contribution is -0.122. The Kier molecular flexibility index (Phi) is 5.71. The highest BCUT2D eigenvalue weighted by atomic mass is 16.7. The number of hydrogen-bond donors (Lipinski definition) is 1. The average Bonchev–Trinajstić information content (AvgIpc) is 3.57. The Hall–Kier alpha value is -4.86. The van der Waals surface area contributed by atoms with Crippen molar-refractivity contribution in [3.05, 3.63) is 76.1 Å². The molecular weight excluding hydrogens is 494 g/mol. The second-order valence-electron chi connectivity index (χ2n) is 8.66. The normalized spacial score (nSPS) is 17.0. The van der Waals surface area contributed by atoms with Crippen molar-refractivity contribution in [2.24, 2.45) is 0 Å². The van der Waals surface area contributed by atoms with E-state index in [2.05, 4.69) is 5.32 Å². The topological polar surface area (TPSA) is 115 Å². The van der Waals surface area contributed by atoms with Gasteiger partial charge in [-0.25, -0.2) is 4.79 Å². The van der Waals surface area contributed by atoms with E-state index in [1.807, 2.05) is 6.07 Å². The molecule has 2 aliphatic rings. The Balaban J connectivity index is 1.45. The molecule has 0 aliphatic carbocycles. The van der Waals surface area contributed by atoms with Gasteiger partial charge in [0.05, 0.1) is 38.2 Å². The molecule has 0 fully saturated rings. The van der Waals surface area contributed by atoms with E-state index in [0.29, 0.717) is 56.7 Å². The molecule has 38 heavy (non-hydrogen) atoms. The van der Waals surface area contributed by atoms with Crippen molar-refractivity contribution >= 4 is 22.6 Å². The highest BCUT2D eigenvalue weighted by Gasteiger charge is 2.44. The number of carbonyl (C=O) groups excluding carboxylic acids is 1. The van der Waals surface area contributed by atoms with Crippen LogP contribution in [0.5, 0.6) is 34.5 Å². The zero-order valence-corrected chi connectivity index (χ0v) is 20.7. The van der Waals surface area contributed by atoms with Crippen LogP contribution < -0.4 is 39.4 Å². The summed E-state index contributed by atoms with van der Waals surface area (Å²) in [6.07, 6.45) is -1.10. The van der Waals surface area contributed by atoms with Gasteiger partial charge in [0.25, 0.3) is 5.91 Å². The van der Waals surface area contributed by atoms with Crippen molar-refractivity contribution < 1.29 is 37.6 Å². The monoisotopic (exact) mass is 517 g/mol. The standard InChI is InChI=1S/C28H23NO9/c1-32-20-11-15(12-21(33-2)25(20)34-3)29-27(30)26-22(14-8-9-18-19(10-14)36-13-35-18)23-24(38-26)16-6-4-5-7-17(16)37-28(23)31/h4-12,22,26H,13H2,1-3H3,(H,29,30)/t22-,26+/m1/s1. The first kappa shape index (κ1) is 23.5. The Labute approximate surface area is 216 Å². The molecule has 0 unspecified atom stereocenters. The Morgan fingerprint density at radius 2 is 1.66 bits per heavy atom. The molecule has 3 aromatic carbocycles. The van der Waals surface area contributed by atoms with E-state index in [1.54, 1.807) is 48.5 Å². The van der Waals surface area contributed by atoms with Gasteiger partial charge in [-0.3, -0.25) is 4.79 Å². The van der Waals surface area contributed by atoms with Crippen LogP contribution in [0.25, 0.3) is 11.0 Å². The number of carbonyl (C=O) groups is 1. The van der Waals surface area contributed by atoms with Gasteiger partial charge in [0.2, 0.25) is 12.5 Å². The summed E-state index contributed by atoms with van der Waals surface area (Å²) >= 11 is 0. The van der Waals surface area contributed by atoms with Crippen molar-refractivity contribution in [3.8, 4) is 34.5 Å². The first-order chi connectivity index (χ1) is 18.5. The fourth-order valence-electron chi connectivity index (χ4n) is 4.90. The molecule has 6 rings (SSSR count). The van der Waals surface area contributed by atoms with Crippen LogP contribution in [-0.2, 0) is 4.79 Å². The van der Waals surface area contributed by atoms with Gasteiger partial charge in [-0.05, 0) is 29.8 Å². The summed E-state index contributed by atoms with van der Waals surface area (Å²) in [5, 5.41) is 3.46. The van der Waals surface area contributed by atoms with Gasteiger partial charge in [0, 0.05) is 17.8 Å². The first-order valence-corrected chi connectivity index (χ1v) is 11.7. The van der Waals surface area contributed by atoms with E-state index in [1.165, 1.54) is 21.3 Å². The molecular formula is C28H23NO9. The van der Waals surface area contributed by atoms with Crippen LogP contribution in [0.2, 0.25) is 0 Å². The number of amides is 1. The fourth-order valence-corrected chi connectivity index (χ4v) is 4.90. The third-order valence-corrected chi connectivity index (χ3v) is 6.60. The number of hydrogen-bond acceptors (Lipinski definition) is 9. The summed E-state index contributed by atoms with van der Waals surface area (Å²) < 4.78 is 39.0. The van der Waals surface area contributed by atoms with E-state index >= 15 is 0 Å². The highest BCUT2D eigenvalue weighted by Crippen LogP contribution is 2.47. The van der Waals surface area contributed by atoms with Crippen molar-refractivity contribution in [2.75, 3.05) is 33.4 Å². The Bertz CT molecular complexity index is 1600. The number of ether oxygens (including phenoxy) is 6. The lowest BCUT2D eigenvalue weighted by Crippen LogP contribution is -2.35. The molecule has 10 heteroatoms. The van der Waals surface area contributed by atoms with Crippen LogP contribution >= 0.6 is 0 Å². The first-order valence-electron chi connectivity index (χ1n) is 11.7. The largest absolute Gasteiger partial charge is 0.493 e. The summed E-state index contributed by atoms with van der Waals surface area (Å²) in [4.78, 5) is 27.0. The number of nitrogens with one attached hydrogen (secondary N) is 1. The maximum Gasteiger partial charge on any atom is 0.344 e. The van der Waals surface area contributed by atoms with Gasteiger partial charge in [-0.2, -0.15) is 0 Å². The summed E-state index contributed by atoms with van der Waals surface area (Å²) in [7, 11) is 4.47. The number of fused-ring (bicyclic) bond motifs is 4. The molecule has 1 aromatic heterocycles. The van der Waals surface area contributed by atoms with Crippen LogP contribution in [0.4, 0.5) is 5.69 Å². The summed E-state index contributed by atoms with van der Waals surface area (Å²) in [5.74, 6) is 1.28. The Morgan fingerprint density at radius 3 is 2.39 bits per heavy atom. The number of rotatable bonds is 6. The number of para-hydroxylation sites is 1. The zero-order valence-electron chi connectivity index (χ0n) is 20.7. The van der Waals surface area contributed by atoms with Gasteiger partial charge in [-0.15, -0.1) is 0 Å². The van der Waals surface area contributed by atoms with E-state index < -0.39 is 23.6 Å². The smallest absolute Gasteiger partial charge is 0.344 e. The van der Waals surface area contributed by atoms with Gasteiger partial charge >= 0.3 is 5.63 Å². The minimum absolute atomic E-state index is 0.0916. The molecule has 2 aliphatic heterocycles. The molecule has 0 spiro atoms. The van der Waals surface area contributed by atoms with Crippen LogP contribution in [-0.4, -0.2) is 40.1 Å². The van der Waals surface area contributed by atoms with E-state index in [0.717, 1.165) is 0 Å². The van der Waals surface area contributed by atoms with Crippen molar-refractivity contribution in [3.63, 3.8) is 0 Å². The molecule has 1 N–H and O–H groups in total. The quantitative estimate of drug-likeness (QED) is 0.378. The van der Waals surface area contributed by atoms with Crippen molar-refractivity contribution in [2.45, 2.75) is 12.0 Å². The average molecular weight is 517 g/mol. The molecule has 0 saturated carbocycles. The third-order valence-electron chi connectivity index (χ3n) is 6.60. The number of benzene rings is 3. The highest BCUT2D eigenvalue weighted by molar-refractivity contribution is 5.98. The second-order valence-corrected chi connectivity index (χ2v) is 8.66. The molecule has 1 amide bonds. The SMILES string of the molecule is COc1cc(NC(=O)[C@H]2Oc3c(c(=O)oc4ccccc34)[C@H]2c2ccc3c(c2)OCO3)cc(OC)c1OC. The lowest BCUT2D eigenvalue weighted by atomic mass is 9.88. The van der Waals surface area contributed by atoms with E-state index in [9.17, 15) is 9.59 Å². The van der Waals surface area contributed by atoms with Gasteiger partial charge in [0.1, 0.15) is 11.3 Å². The van der Waals surface area contributed by atoms with Gasteiger partial charge < -0.3 is 38.2 Å². The number of anilines is 1. The maximum absolute atomic E-state index is 13.8. The molecule has 4 aromatic rings. The summed E-state index contributed by atoms with van der Waals surface area (Å²) in [6, 6.07) is 15.5. The van der Waals surface area contributed by atoms with E-state index in [4.69, 9.17) is 32.8 Å². The van der Waals surface area contributed by atoms with Crippen molar-refractivity contribution in [1.29, 1.82) is 0 Å². The zero-order chi connectivity index (χ0) is 26.4. The predicted molar refractivity (Wildman–Crippen MR) is 136 cm³/mol. The molecule has 3 heterocycles. The Morgan fingerprint density at radius 1 is 0.921 bits per heavy atom. The van der Waals surface area contributed by atoms with Crippen LogP contribution in [0, 0.1) is 0 Å². The third kappa shape index (κ3) is 3.73. The van der Waals surface area contributed by atoms with Crippen molar-refractivity contribution in [1.82, 2.24) is 0 Å². The summed E-state index contributed by atoms with van der Waals surface area (Å²) in [5.41, 5.74) is 1.08. The molecule has 0 bridgehead atoms. The molecule has 0 radical (unpaired) electrons. The number of methoxy groups -OCH3 is 3. The minimum Gasteiger partial charge on any atom is -0.493 e. The molecule has 194 valence electrons.